The Kier molecular flexibility index (Phi) is 3.37. The highest BCUT2D eigenvalue weighted by Crippen LogP contribution is 2.28. The van der Waals surface area contributed by atoms with Crippen molar-refractivity contribution in [3.8, 4) is 0 Å². The predicted octanol–water partition coefficient (Wildman–Crippen LogP) is 0.982. The van der Waals surface area contributed by atoms with Crippen LogP contribution in [0, 0.1) is 0 Å². The number of hydrogen-bond donors (Lipinski definition) is 4. The van der Waals surface area contributed by atoms with Crippen LogP contribution in [0.1, 0.15) is 23.2 Å². The standard InChI is InChI=1S/C12H12N2O5/c15-10(16)4-3-8-11(17)14-7-2-1-6(12(18)19)5-9(7)13-8/h1-2,5,8,13H,3-4H2,(H,14,17)(H,15,16)(H,18,19). The van der Waals surface area contributed by atoms with E-state index in [1.807, 2.05) is 0 Å². The molecule has 1 amide bonds. The maximum atomic E-state index is 11.7. The van der Waals surface area contributed by atoms with E-state index in [-0.39, 0.29) is 24.3 Å². The van der Waals surface area contributed by atoms with Gasteiger partial charge in [0, 0.05) is 6.42 Å². The van der Waals surface area contributed by atoms with E-state index in [1.165, 1.54) is 18.2 Å². The van der Waals surface area contributed by atoms with E-state index in [0.29, 0.717) is 11.4 Å². The van der Waals surface area contributed by atoms with Gasteiger partial charge in [0.25, 0.3) is 0 Å². The normalized spacial score (nSPS) is 17.1. The van der Waals surface area contributed by atoms with Crippen LogP contribution in [0.5, 0.6) is 0 Å². The van der Waals surface area contributed by atoms with Crippen LogP contribution in [0.3, 0.4) is 0 Å². The number of anilines is 2. The molecule has 1 atom stereocenters. The Balaban J connectivity index is 2.19. The van der Waals surface area contributed by atoms with Crippen molar-refractivity contribution >= 4 is 29.2 Å². The molecule has 0 bridgehead atoms. The first-order valence-corrected chi connectivity index (χ1v) is 5.64. The van der Waals surface area contributed by atoms with Crippen LogP contribution in [0.25, 0.3) is 0 Å². The largest absolute Gasteiger partial charge is 0.481 e. The van der Waals surface area contributed by atoms with Crippen molar-refractivity contribution in [1.29, 1.82) is 0 Å². The van der Waals surface area contributed by atoms with Gasteiger partial charge in [0.2, 0.25) is 5.91 Å². The van der Waals surface area contributed by atoms with E-state index < -0.39 is 18.0 Å². The van der Waals surface area contributed by atoms with Gasteiger partial charge in [0.05, 0.1) is 16.9 Å². The zero-order chi connectivity index (χ0) is 14.0. The van der Waals surface area contributed by atoms with Gasteiger partial charge in [-0.25, -0.2) is 4.79 Å². The number of amides is 1. The molecule has 7 heteroatoms. The molecule has 1 unspecified atom stereocenters. The summed E-state index contributed by atoms with van der Waals surface area (Å²) in [6.07, 6.45) is -0.00303. The summed E-state index contributed by atoms with van der Waals surface area (Å²) in [4.78, 5) is 33.1. The number of rotatable bonds is 4. The van der Waals surface area contributed by atoms with E-state index in [1.54, 1.807) is 0 Å². The lowest BCUT2D eigenvalue weighted by atomic mass is 10.0. The molecule has 4 N–H and O–H groups in total. The quantitative estimate of drug-likeness (QED) is 0.644. The van der Waals surface area contributed by atoms with Gasteiger partial charge in [-0.05, 0) is 24.6 Å². The van der Waals surface area contributed by atoms with Crippen LogP contribution in [0.4, 0.5) is 11.4 Å². The molecule has 0 saturated heterocycles. The van der Waals surface area contributed by atoms with Gasteiger partial charge in [0.15, 0.2) is 0 Å². The van der Waals surface area contributed by atoms with Crippen molar-refractivity contribution < 1.29 is 24.6 Å². The van der Waals surface area contributed by atoms with Gasteiger partial charge < -0.3 is 20.8 Å². The first-order valence-electron chi connectivity index (χ1n) is 5.64. The van der Waals surface area contributed by atoms with E-state index in [2.05, 4.69) is 10.6 Å². The number of aliphatic carboxylic acids is 1. The number of benzene rings is 1. The summed E-state index contributed by atoms with van der Waals surface area (Å²) in [7, 11) is 0. The van der Waals surface area contributed by atoms with Crippen LogP contribution < -0.4 is 10.6 Å². The molecule has 0 aromatic heterocycles. The van der Waals surface area contributed by atoms with E-state index in [9.17, 15) is 14.4 Å². The van der Waals surface area contributed by atoms with Crippen LogP contribution in [0.15, 0.2) is 18.2 Å². The average molecular weight is 264 g/mol. The Morgan fingerprint density at radius 1 is 1.21 bits per heavy atom. The molecule has 0 radical (unpaired) electrons. The van der Waals surface area contributed by atoms with Crippen molar-refractivity contribution in [2.24, 2.45) is 0 Å². The second kappa shape index (κ2) is 4.97. The molecule has 0 fully saturated rings. The molecule has 0 spiro atoms. The van der Waals surface area contributed by atoms with Crippen LogP contribution in [-0.4, -0.2) is 34.1 Å². The predicted molar refractivity (Wildman–Crippen MR) is 66.3 cm³/mol. The summed E-state index contributed by atoms with van der Waals surface area (Å²) < 4.78 is 0. The number of carboxylic acids is 2. The van der Waals surface area contributed by atoms with Crippen molar-refractivity contribution in [2.45, 2.75) is 18.9 Å². The molecule has 0 aliphatic carbocycles. The minimum Gasteiger partial charge on any atom is -0.481 e. The number of aromatic carboxylic acids is 1. The number of fused-ring (bicyclic) bond motifs is 1. The van der Waals surface area contributed by atoms with Gasteiger partial charge in [-0.1, -0.05) is 0 Å². The molecule has 1 aliphatic heterocycles. The third-order valence-corrected chi connectivity index (χ3v) is 2.82. The highest BCUT2D eigenvalue weighted by atomic mass is 16.4. The number of hydrogen-bond acceptors (Lipinski definition) is 4. The maximum Gasteiger partial charge on any atom is 0.335 e. The number of nitrogens with one attached hydrogen (secondary N) is 2. The van der Waals surface area contributed by atoms with E-state index in [4.69, 9.17) is 10.2 Å². The van der Waals surface area contributed by atoms with Crippen molar-refractivity contribution in [2.75, 3.05) is 10.6 Å². The molecular weight excluding hydrogens is 252 g/mol. The number of carbonyl (C=O) groups is 3. The second-order valence-electron chi connectivity index (χ2n) is 4.18. The maximum absolute atomic E-state index is 11.7. The summed E-state index contributed by atoms with van der Waals surface area (Å²) in [5.74, 6) is -2.37. The summed E-state index contributed by atoms with van der Waals surface area (Å²) in [6.45, 7) is 0. The number of carboxylic acid groups (broad SMARTS) is 2. The molecule has 2 rings (SSSR count). The molecule has 100 valence electrons. The molecular formula is C12H12N2O5. The Labute approximate surface area is 108 Å². The first kappa shape index (κ1) is 12.9. The van der Waals surface area contributed by atoms with Gasteiger partial charge in [-0.2, -0.15) is 0 Å². The molecule has 1 aliphatic rings. The molecule has 1 aromatic rings. The Morgan fingerprint density at radius 3 is 2.58 bits per heavy atom. The minimum atomic E-state index is -1.07. The van der Waals surface area contributed by atoms with Crippen LogP contribution in [-0.2, 0) is 9.59 Å². The lowest BCUT2D eigenvalue weighted by molar-refractivity contribution is -0.137. The van der Waals surface area contributed by atoms with Crippen LogP contribution in [0.2, 0.25) is 0 Å². The molecule has 1 heterocycles. The highest BCUT2D eigenvalue weighted by molar-refractivity contribution is 6.04. The zero-order valence-corrected chi connectivity index (χ0v) is 9.84. The summed E-state index contributed by atoms with van der Waals surface area (Å²) in [5.41, 5.74) is 1.07. The van der Waals surface area contributed by atoms with Crippen molar-refractivity contribution in [1.82, 2.24) is 0 Å². The fourth-order valence-electron chi connectivity index (χ4n) is 1.85. The smallest absolute Gasteiger partial charge is 0.335 e. The van der Waals surface area contributed by atoms with E-state index >= 15 is 0 Å². The summed E-state index contributed by atoms with van der Waals surface area (Å²) in [6, 6.07) is 3.62. The topological polar surface area (TPSA) is 116 Å². The third kappa shape index (κ3) is 2.82. The Hall–Kier alpha value is -2.57. The SMILES string of the molecule is O=C(O)CCC1Nc2cc(C(=O)O)ccc2NC1=O. The fourth-order valence-corrected chi connectivity index (χ4v) is 1.85. The molecule has 7 nitrogen and oxygen atoms in total. The van der Waals surface area contributed by atoms with E-state index in [0.717, 1.165) is 0 Å². The average Bonchev–Trinajstić information content (AvgIpc) is 2.35. The zero-order valence-electron chi connectivity index (χ0n) is 9.84. The van der Waals surface area contributed by atoms with Crippen LogP contribution >= 0.6 is 0 Å². The summed E-state index contributed by atoms with van der Waals surface area (Å²) in [5, 5.41) is 23.0. The van der Waals surface area contributed by atoms with Crippen molar-refractivity contribution in [3.05, 3.63) is 23.8 Å². The lowest BCUT2D eigenvalue weighted by Gasteiger charge is -2.26. The molecule has 1 aromatic carbocycles. The second-order valence-corrected chi connectivity index (χ2v) is 4.18. The Bertz CT molecular complexity index is 555. The summed E-state index contributed by atoms with van der Waals surface area (Å²) >= 11 is 0. The monoisotopic (exact) mass is 264 g/mol. The van der Waals surface area contributed by atoms with Gasteiger partial charge in [0.1, 0.15) is 6.04 Å². The highest BCUT2D eigenvalue weighted by Gasteiger charge is 2.26. The van der Waals surface area contributed by atoms with Gasteiger partial charge in [-0.15, -0.1) is 0 Å². The lowest BCUT2D eigenvalue weighted by Crippen LogP contribution is -2.39. The Morgan fingerprint density at radius 2 is 1.95 bits per heavy atom. The fraction of sp³-hybridized carbons (Fsp3) is 0.250. The third-order valence-electron chi connectivity index (χ3n) is 2.82. The molecule has 0 saturated carbocycles. The first-order chi connectivity index (χ1) is 8.97. The molecule has 19 heavy (non-hydrogen) atoms. The van der Waals surface area contributed by atoms with Crippen molar-refractivity contribution in [3.63, 3.8) is 0 Å². The number of carbonyl (C=O) groups excluding carboxylic acids is 1. The van der Waals surface area contributed by atoms with Gasteiger partial charge >= 0.3 is 11.9 Å². The minimum absolute atomic E-state index is 0.0967. The van der Waals surface area contributed by atoms with Gasteiger partial charge in [-0.3, -0.25) is 9.59 Å².